The molecule has 0 fully saturated rings. The Morgan fingerprint density at radius 1 is 1.28 bits per heavy atom. The highest BCUT2D eigenvalue weighted by Crippen LogP contribution is 2.20. The predicted molar refractivity (Wildman–Crippen MR) is 76.9 cm³/mol. The lowest BCUT2D eigenvalue weighted by Gasteiger charge is -2.20. The molecule has 0 spiro atoms. The number of fused-ring (bicyclic) bond motifs is 1. The van der Waals surface area contributed by atoms with Crippen molar-refractivity contribution in [1.29, 1.82) is 0 Å². The first-order valence-corrected chi connectivity index (χ1v) is 6.69. The van der Waals surface area contributed by atoms with E-state index in [0.717, 1.165) is 24.9 Å². The van der Waals surface area contributed by atoms with Crippen LogP contribution in [0.5, 0.6) is 0 Å². The van der Waals surface area contributed by atoms with Crippen LogP contribution in [0.25, 0.3) is 10.9 Å². The standard InChI is InChI=1S/C15H23N3/c1-5-11-8-12(6-7-16-15(2,3)4)13-10-17-18-14(13)9-11/h8-10,16H,5-7H2,1-4H3,(H,17,18). The third kappa shape index (κ3) is 3.10. The van der Waals surface area contributed by atoms with Gasteiger partial charge in [0.25, 0.3) is 0 Å². The Morgan fingerprint density at radius 3 is 2.72 bits per heavy atom. The summed E-state index contributed by atoms with van der Waals surface area (Å²) in [5.74, 6) is 0. The molecule has 1 aromatic carbocycles. The molecule has 3 heteroatoms. The van der Waals surface area contributed by atoms with E-state index in [-0.39, 0.29) is 5.54 Å². The summed E-state index contributed by atoms with van der Waals surface area (Å²) in [6, 6.07) is 4.51. The Morgan fingerprint density at radius 2 is 2.06 bits per heavy atom. The van der Waals surface area contributed by atoms with Crippen LogP contribution in [0, 0.1) is 0 Å². The molecule has 0 bridgehead atoms. The van der Waals surface area contributed by atoms with Gasteiger partial charge < -0.3 is 5.32 Å². The van der Waals surface area contributed by atoms with Crippen molar-refractivity contribution < 1.29 is 0 Å². The number of aryl methyl sites for hydroxylation is 1. The summed E-state index contributed by atoms with van der Waals surface area (Å²) in [4.78, 5) is 0. The van der Waals surface area contributed by atoms with Gasteiger partial charge in [0, 0.05) is 10.9 Å². The Bertz CT molecular complexity index is 520. The van der Waals surface area contributed by atoms with Crippen LogP contribution in [-0.4, -0.2) is 22.3 Å². The fourth-order valence-corrected chi connectivity index (χ4v) is 2.17. The van der Waals surface area contributed by atoms with Gasteiger partial charge in [0.1, 0.15) is 0 Å². The molecule has 2 aromatic rings. The fraction of sp³-hybridized carbons (Fsp3) is 0.533. The second-order valence-electron chi connectivity index (χ2n) is 5.87. The van der Waals surface area contributed by atoms with Crippen LogP contribution in [0.15, 0.2) is 18.3 Å². The van der Waals surface area contributed by atoms with Crippen molar-refractivity contribution in [3.63, 3.8) is 0 Å². The molecule has 18 heavy (non-hydrogen) atoms. The zero-order chi connectivity index (χ0) is 13.2. The van der Waals surface area contributed by atoms with E-state index < -0.39 is 0 Å². The van der Waals surface area contributed by atoms with Crippen molar-refractivity contribution in [2.75, 3.05) is 6.54 Å². The molecule has 98 valence electrons. The monoisotopic (exact) mass is 245 g/mol. The van der Waals surface area contributed by atoms with Gasteiger partial charge in [-0.15, -0.1) is 0 Å². The maximum absolute atomic E-state index is 4.15. The molecule has 3 nitrogen and oxygen atoms in total. The molecule has 0 aliphatic carbocycles. The lowest BCUT2D eigenvalue weighted by molar-refractivity contribution is 0.430. The zero-order valence-electron chi connectivity index (χ0n) is 11.8. The van der Waals surface area contributed by atoms with E-state index >= 15 is 0 Å². The second kappa shape index (κ2) is 5.11. The molecular weight excluding hydrogens is 222 g/mol. The minimum absolute atomic E-state index is 0.178. The Kier molecular flexibility index (Phi) is 3.71. The first-order chi connectivity index (χ1) is 8.49. The molecule has 2 rings (SSSR count). The molecule has 2 N–H and O–H groups in total. The summed E-state index contributed by atoms with van der Waals surface area (Å²) in [6.45, 7) is 9.78. The maximum atomic E-state index is 4.15. The molecule has 1 aromatic heterocycles. The average Bonchev–Trinajstić information content (AvgIpc) is 2.75. The van der Waals surface area contributed by atoms with Gasteiger partial charge >= 0.3 is 0 Å². The molecule has 0 aliphatic heterocycles. The molecule has 0 radical (unpaired) electrons. The van der Waals surface area contributed by atoms with Gasteiger partial charge in [-0.1, -0.05) is 13.0 Å². The van der Waals surface area contributed by atoms with Gasteiger partial charge in [0.15, 0.2) is 0 Å². The third-order valence-electron chi connectivity index (χ3n) is 3.16. The summed E-state index contributed by atoms with van der Waals surface area (Å²) in [6.07, 6.45) is 4.04. The Balaban J connectivity index is 2.18. The van der Waals surface area contributed by atoms with Crippen LogP contribution in [0.1, 0.15) is 38.8 Å². The Labute approximate surface area is 109 Å². The van der Waals surface area contributed by atoms with Crippen molar-refractivity contribution in [2.24, 2.45) is 0 Å². The summed E-state index contributed by atoms with van der Waals surface area (Å²) >= 11 is 0. The van der Waals surface area contributed by atoms with Gasteiger partial charge in [-0.3, -0.25) is 5.10 Å². The molecule has 0 aliphatic rings. The smallest absolute Gasteiger partial charge is 0.0655 e. The van der Waals surface area contributed by atoms with Crippen molar-refractivity contribution in [1.82, 2.24) is 15.5 Å². The van der Waals surface area contributed by atoms with Crippen molar-refractivity contribution >= 4 is 10.9 Å². The normalized spacial score (nSPS) is 12.2. The van der Waals surface area contributed by atoms with Crippen LogP contribution >= 0.6 is 0 Å². The molecule has 1 heterocycles. The molecule has 0 atom stereocenters. The Hall–Kier alpha value is -1.35. The minimum Gasteiger partial charge on any atom is -0.312 e. The van der Waals surface area contributed by atoms with Gasteiger partial charge in [-0.25, -0.2) is 0 Å². The van der Waals surface area contributed by atoms with E-state index in [2.05, 4.69) is 55.3 Å². The number of H-pyrrole nitrogens is 1. The molecule has 0 amide bonds. The molecular formula is C15H23N3. The first-order valence-electron chi connectivity index (χ1n) is 6.69. The molecule has 0 unspecified atom stereocenters. The largest absolute Gasteiger partial charge is 0.312 e. The number of nitrogens with one attached hydrogen (secondary N) is 2. The fourth-order valence-electron chi connectivity index (χ4n) is 2.17. The summed E-state index contributed by atoms with van der Waals surface area (Å²) < 4.78 is 0. The van der Waals surface area contributed by atoms with Gasteiger partial charge in [-0.2, -0.15) is 5.10 Å². The minimum atomic E-state index is 0.178. The summed E-state index contributed by atoms with van der Waals surface area (Å²) in [7, 11) is 0. The predicted octanol–water partition coefficient (Wildman–Crippen LogP) is 3.06. The lowest BCUT2D eigenvalue weighted by Crippen LogP contribution is -2.37. The lowest BCUT2D eigenvalue weighted by atomic mass is 10.0. The number of rotatable bonds is 4. The van der Waals surface area contributed by atoms with E-state index in [9.17, 15) is 0 Å². The number of nitrogens with zero attached hydrogens (tertiary/aromatic N) is 1. The molecule has 0 saturated carbocycles. The van der Waals surface area contributed by atoms with Crippen LogP contribution in [0.3, 0.4) is 0 Å². The van der Waals surface area contributed by atoms with E-state index in [4.69, 9.17) is 0 Å². The maximum Gasteiger partial charge on any atom is 0.0655 e. The number of hydrogen-bond acceptors (Lipinski definition) is 2. The van der Waals surface area contributed by atoms with Crippen molar-refractivity contribution in [2.45, 2.75) is 46.1 Å². The topological polar surface area (TPSA) is 40.7 Å². The quantitative estimate of drug-likeness (QED) is 0.869. The van der Waals surface area contributed by atoms with Crippen LogP contribution in [0.2, 0.25) is 0 Å². The SMILES string of the molecule is CCc1cc(CCNC(C)(C)C)c2cn[nH]c2c1. The van der Waals surface area contributed by atoms with Crippen molar-refractivity contribution in [3.05, 3.63) is 29.5 Å². The van der Waals surface area contributed by atoms with Gasteiger partial charge in [0.05, 0.1) is 11.7 Å². The van der Waals surface area contributed by atoms with Crippen molar-refractivity contribution in [3.8, 4) is 0 Å². The summed E-state index contributed by atoms with van der Waals surface area (Å²) in [5, 5.41) is 12.0. The summed E-state index contributed by atoms with van der Waals surface area (Å²) in [5.41, 5.74) is 4.09. The number of aromatic amines is 1. The highest BCUT2D eigenvalue weighted by Gasteiger charge is 2.10. The van der Waals surface area contributed by atoms with Gasteiger partial charge in [0.2, 0.25) is 0 Å². The van der Waals surface area contributed by atoms with Crippen LogP contribution in [-0.2, 0) is 12.8 Å². The van der Waals surface area contributed by atoms with E-state index in [1.807, 2.05) is 6.20 Å². The van der Waals surface area contributed by atoms with E-state index in [1.165, 1.54) is 16.5 Å². The highest BCUT2D eigenvalue weighted by molar-refractivity contribution is 5.82. The van der Waals surface area contributed by atoms with Crippen LogP contribution < -0.4 is 5.32 Å². The van der Waals surface area contributed by atoms with E-state index in [0.29, 0.717) is 0 Å². The average molecular weight is 245 g/mol. The molecule has 0 saturated heterocycles. The zero-order valence-corrected chi connectivity index (χ0v) is 11.8. The first kappa shape index (κ1) is 13.1. The van der Waals surface area contributed by atoms with Gasteiger partial charge in [-0.05, 0) is 57.4 Å². The number of benzene rings is 1. The van der Waals surface area contributed by atoms with E-state index in [1.54, 1.807) is 0 Å². The second-order valence-corrected chi connectivity index (χ2v) is 5.87. The highest BCUT2D eigenvalue weighted by atomic mass is 15.1. The number of hydrogen-bond donors (Lipinski definition) is 2. The number of aromatic nitrogens is 2. The van der Waals surface area contributed by atoms with Crippen LogP contribution in [0.4, 0.5) is 0 Å². The third-order valence-corrected chi connectivity index (χ3v) is 3.16.